The third-order valence-corrected chi connectivity index (χ3v) is 3.84. The lowest BCUT2D eigenvalue weighted by atomic mass is 10.0. The van der Waals surface area contributed by atoms with Crippen molar-refractivity contribution in [3.8, 4) is 5.75 Å². The molecule has 0 bridgehead atoms. The Morgan fingerprint density at radius 2 is 1.78 bits per heavy atom. The molecule has 0 aliphatic heterocycles. The van der Waals surface area contributed by atoms with Crippen LogP contribution in [-0.2, 0) is 9.53 Å². The zero-order valence-corrected chi connectivity index (χ0v) is 14.6. The molecule has 0 aliphatic rings. The highest BCUT2D eigenvalue weighted by molar-refractivity contribution is 9.10. The van der Waals surface area contributed by atoms with Crippen LogP contribution >= 0.6 is 15.9 Å². The molecule has 2 aromatic rings. The number of halogens is 1. The van der Waals surface area contributed by atoms with Crippen LogP contribution in [0.4, 0.5) is 0 Å². The lowest BCUT2D eigenvalue weighted by Crippen LogP contribution is -2.19. The summed E-state index contributed by atoms with van der Waals surface area (Å²) < 4.78 is 11.1. The summed E-state index contributed by atoms with van der Waals surface area (Å²) in [6.07, 6.45) is 0. The van der Waals surface area contributed by atoms with E-state index in [4.69, 9.17) is 9.47 Å². The van der Waals surface area contributed by atoms with Crippen molar-refractivity contribution in [3.63, 3.8) is 0 Å². The van der Waals surface area contributed by atoms with E-state index in [-0.39, 0.29) is 19.0 Å². The number of hydrogen-bond acceptors (Lipinski definition) is 4. The van der Waals surface area contributed by atoms with Gasteiger partial charge < -0.3 is 9.47 Å². The Morgan fingerprint density at radius 3 is 2.48 bits per heavy atom. The Labute approximate surface area is 143 Å². The van der Waals surface area contributed by atoms with Crippen LogP contribution in [0.3, 0.4) is 0 Å². The first kappa shape index (κ1) is 17.2. The largest absolute Gasteiger partial charge is 0.482 e. The van der Waals surface area contributed by atoms with E-state index in [0.717, 1.165) is 15.6 Å². The molecule has 0 atom stereocenters. The zero-order valence-electron chi connectivity index (χ0n) is 13.0. The molecule has 2 aromatic carbocycles. The van der Waals surface area contributed by atoms with Crippen LogP contribution in [0.5, 0.6) is 5.75 Å². The molecule has 4 nitrogen and oxygen atoms in total. The average Bonchev–Trinajstić information content (AvgIpc) is 2.53. The quantitative estimate of drug-likeness (QED) is 0.567. The van der Waals surface area contributed by atoms with Gasteiger partial charge >= 0.3 is 5.97 Å². The molecule has 0 aliphatic carbocycles. The minimum absolute atomic E-state index is 0.232. The average molecular weight is 377 g/mol. The van der Waals surface area contributed by atoms with Crippen LogP contribution in [0.25, 0.3) is 0 Å². The van der Waals surface area contributed by atoms with Gasteiger partial charge in [0, 0.05) is 10.0 Å². The number of hydrogen-bond donors (Lipinski definition) is 0. The molecule has 23 heavy (non-hydrogen) atoms. The molecule has 0 unspecified atom stereocenters. The molecule has 2 rings (SSSR count). The highest BCUT2D eigenvalue weighted by Gasteiger charge is 2.11. The summed E-state index contributed by atoms with van der Waals surface area (Å²) in [5, 5.41) is 0. The number of rotatable bonds is 6. The monoisotopic (exact) mass is 376 g/mol. The minimum Gasteiger partial charge on any atom is -0.482 e. The van der Waals surface area contributed by atoms with Gasteiger partial charge in [0.2, 0.25) is 0 Å². The number of Topliss-reactive ketones (excluding diaryl/α,β-unsaturated/α-hetero) is 1. The van der Waals surface area contributed by atoms with Crippen molar-refractivity contribution in [2.45, 2.75) is 13.8 Å². The minimum atomic E-state index is -0.581. The molecule has 0 heterocycles. The predicted molar refractivity (Wildman–Crippen MR) is 90.8 cm³/mol. The highest BCUT2D eigenvalue weighted by Crippen LogP contribution is 2.17. The maximum absolute atomic E-state index is 12.0. The lowest BCUT2D eigenvalue weighted by molar-refractivity contribution is -0.144. The Balaban J connectivity index is 1.81. The fraction of sp³-hybridized carbons (Fsp3) is 0.222. The summed E-state index contributed by atoms with van der Waals surface area (Å²) >= 11 is 3.31. The van der Waals surface area contributed by atoms with E-state index >= 15 is 0 Å². The normalized spacial score (nSPS) is 10.2. The summed E-state index contributed by atoms with van der Waals surface area (Å²) in [7, 11) is 0. The number of carbonyl (C=O) groups is 2. The van der Waals surface area contributed by atoms with Crippen LogP contribution in [0.15, 0.2) is 46.9 Å². The van der Waals surface area contributed by atoms with Gasteiger partial charge in [0.15, 0.2) is 19.0 Å². The van der Waals surface area contributed by atoms with Crippen molar-refractivity contribution >= 4 is 27.7 Å². The van der Waals surface area contributed by atoms with Gasteiger partial charge in [0.1, 0.15) is 5.75 Å². The van der Waals surface area contributed by atoms with Crippen molar-refractivity contribution in [2.75, 3.05) is 13.2 Å². The van der Waals surface area contributed by atoms with Crippen molar-refractivity contribution in [3.05, 3.63) is 63.6 Å². The Bertz CT molecular complexity index is 725. The first-order valence-electron chi connectivity index (χ1n) is 7.10. The molecule has 0 N–H and O–H groups in total. The van der Waals surface area contributed by atoms with E-state index in [2.05, 4.69) is 15.9 Å². The second kappa shape index (κ2) is 7.92. The standard InChI is InChI=1S/C18H17BrO4/c1-12-6-7-14(8-13(12)2)17(20)10-23-18(21)11-22-16-5-3-4-15(19)9-16/h3-9H,10-11H2,1-2H3. The van der Waals surface area contributed by atoms with Crippen LogP contribution in [-0.4, -0.2) is 25.0 Å². The van der Waals surface area contributed by atoms with E-state index in [0.29, 0.717) is 11.3 Å². The van der Waals surface area contributed by atoms with Crippen molar-refractivity contribution in [2.24, 2.45) is 0 Å². The van der Waals surface area contributed by atoms with E-state index in [1.54, 1.807) is 30.3 Å². The van der Waals surface area contributed by atoms with Crippen LogP contribution in [0, 0.1) is 13.8 Å². The number of ether oxygens (including phenoxy) is 2. The second-order valence-corrected chi connectivity index (χ2v) is 6.04. The molecule has 0 radical (unpaired) electrons. The van der Waals surface area contributed by atoms with Crippen LogP contribution < -0.4 is 4.74 Å². The smallest absolute Gasteiger partial charge is 0.344 e. The summed E-state index contributed by atoms with van der Waals surface area (Å²) in [6, 6.07) is 12.5. The Hall–Kier alpha value is -2.14. The van der Waals surface area contributed by atoms with Gasteiger partial charge in [-0.2, -0.15) is 0 Å². The van der Waals surface area contributed by atoms with Crippen molar-refractivity contribution < 1.29 is 19.1 Å². The summed E-state index contributed by atoms with van der Waals surface area (Å²) in [5.74, 6) is -0.261. The Kier molecular flexibility index (Phi) is 5.93. The molecule has 0 aromatic heterocycles. The summed E-state index contributed by atoms with van der Waals surface area (Å²) in [6.45, 7) is 3.38. The van der Waals surface area contributed by atoms with Gasteiger partial charge in [-0.1, -0.05) is 34.1 Å². The number of ketones is 1. The van der Waals surface area contributed by atoms with Gasteiger partial charge in [0.25, 0.3) is 0 Å². The van der Waals surface area contributed by atoms with E-state index < -0.39 is 5.97 Å². The first-order valence-corrected chi connectivity index (χ1v) is 7.89. The van der Waals surface area contributed by atoms with Crippen molar-refractivity contribution in [1.29, 1.82) is 0 Å². The number of carbonyl (C=O) groups excluding carboxylic acids is 2. The lowest BCUT2D eigenvalue weighted by Gasteiger charge is -2.08. The maximum atomic E-state index is 12.0. The van der Waals surface area contributed by atoms with Crippen molar-refractivity contribution in [1.82, 2.24) is 0 Å². The van der Waals surface area contributed by atoms with Crippen LogP contribution in [0.2, 0.25) is 0 Å². The molecular formula is C18H17BrO4. The predicted octanol–water partition coefficient (Wildman–Crippen LogP) is 3.87. The van der Waals surface area contributed by atoms with Gasteiger partial charge in [-0.25, -0.2) is 4.79 Å². The van der Waals surface area contributed by atoms with E-state index in [1.807, 2.05) is 26.0 Å². The molecule has 0 fully saturated rings. The molecular weight excluding hydrogens is 360 g/mol. The van der Waals surface area contributed by atoms with E-state index in [9.17, 15) is 9.59 Å². The highest BCUT2D eigenvalue weighted by atomic mass is 79.9. The summed E-state index contributed by atoms with van der Waals surface area (Å²) in [4.78, 5) is 23.7. The SMILES string of the molecule is Cc1ccc(C(=O)COC(=O)COc2cccc(Br)c2)cc1C. The van der Waals surface area contributed by atoms with Gasteiger partial charge in [-0.15, -0.1) is 0 Å². The number of aryl methyl sites for hydroxylation is 2. The second-order valence-electron chi connectivity index (χ2n) is 5.13. The number of esters is 1. The topological polar surface area (TPSA) is 52.6 Å². The van der Waals surface area contributed by atoms with E-state index in [1.165, 1.54) is 0 Å². The number of benzene rings is 2. The third kappa shape index (κ3) is 5.21. The molecule has 0 saturated heterocycles. The molecule has 5 heteroatoms. The molecule has 0 amide bonds. The van der Waals surface area contributed by atoms with Gasteiger partial charge in [-0.05, 0) is 49.2 Å². The van der Waals surface area contributed by atoms with Gasteiger partial charge in [0.05, 0.1) is 0 Å². The zero-order chi connectivity index (χ0) is 16.8. The first-order chi connectivity index (χ1) is 11.0. The molecule has 120 valence electrons. The molecule has 0 saturated carbocycles. The maximum Gasteiger partial charge on any atom is 0.344 e. The fourth-order valence-corrected chi connectivity index (χ4v) is 2.26. The van der Waals surface area contributed by atoms with Gasteiger partial charge in [-0.3, -0.25) is 4.79 Å². The Morgan fingerprint density at radius 1 is 1.00 bits per heavy atom. The summed E-state index contributed by atoms with van der Waals surface area (Å²) in [5.41, 5.74) is 2.68. The van der Waals surface area contributed by atoms with Crippen LogP contribution in [0.1, 0.15) is 21.5 Å². The third-order valence-electron chi connectivity index (χ3n) is 3.35. The fourth-order valence-electron chi connectivity index (χ4n) is 1.88. The molecule has 0 spiro atoms.